The number of primary amides is 1. The van der Waals surface area contributed by atoms with Gasteiger partial charge in [0.15, 0.2) is 0 Å². The molecule has 8 nitrogen and oxygen atoms in total. The van der Waals surface area contributed by atoms with E-state index in [1.165, 1.54) is 25.5 Å². The van der Waals surface area contributed by atoms with Crippen LogP contribution in [0.1, 0.15) is 36.5 Å². The van der Waals surface area contributed by atoms with E-state index in [0.29, 0.717) is 17.3 Å². The predicted octanol–water partition coefficient (Wildman–Crippen LogP) is 2.80. The van der Waals surface area contributed by atoms with Crippen LogP contribution in [0.5, 0.6) is 0 Å². The van der Waals surface area contributed by atoms with Gasteiger partial charge < -0.3 is 26.2 Å². The van der Waals surface area contributed by atoms with Gasteiger partial charge in [-0.2, -0.15) is 0 Å². The van der Waals surface area contributed by atoms with Crippen molar-refractivity contribution in [2.24, 2.45) is 11.7 Å². The van der Waals surface area contributed by atoms with E-state index in [9.17, 15) is 9.59 Å². The van der Waals surface area contributed by atoms with E-state index in [0.717, 1.165) is 49.8 Å². The van der Waals surface area contributed by atoms with Crippen LogP contribution in [-0.2, 0) is 4.79 Å². The number of amides is 2. The molecule has 0 atom stereocenters. The summed E-state index contributed by atoms with van der Waals surface area (Å²) in [7, 11) is 0. The maximum Gasteiger partial charge on any atom is 0.252 e. The minimum atomic E-state index is -0.482. The first-order valence-corrected chi connectivity index (χ1v) is 10.9. The third-order valence-corrected chi connectivity index (χ3v) is 6.21. The number of rotatable bonds is 7. The maximum absolute atomic E-state index is 11.8. The van der Waals surface area contributed by atoms with Gasteiger partial charge in [-0.25, -0.2) is 4.98 Å². The highest BCUT2D eigenvalue weighted by Crippen LogP contribution is 2.28. The number of pyridine rings is 1. The maximum atomic E-state index is 11.8. The highest BCUT2D eigenvalue weighted by Gasteiger charge is 2.20. The van der Waals surface area contributed by atoms with Gasteiger partial charge in [-0.3, -0.25) is 9.59 Å². The summed E-state index contributed by atoms with van der Waals surface area (Å²) < 4.78 is 0. The summed E-state index contributed by atoms with van der Waals surface area (Å²) >= 11 is 0. The number of carbonyl (C=O) groups excluding carboxylic acids is 2. The fourth-order valence-corrected chi connectivity index (χ4v) is 4.00. The van der Waals surface area contributed by atoms with Crippen molar-refractivity contribution in [3.05, 3.63) is 42.1 Å². The molecular weight excluding hydrogens is 392 g/mol. The standard InChI is InChI=1S/C23H30N6O2/c1-16(30)28-9-11-29(12-10-28)19-7-5-18(6-8-19)27-22-13-21(20(15-26-22)23(24)31)25-14-17-3-2-4-17/h5-8,13,15,17H,2-4,9-12,14H2,1H3,(H2,24,31)(H2,25,26,27). The monoisotopic (exact) mass is 422 g/mol. The van der Waals surface area contributed by atoms with E-state index in [2.05, 4.69) is 32.7 Å². The van der Waals surface area contributed by atoms with E-state index >= 15 is 0 Å². The number of carbonyl (C=O) groups is 2. The van der Waals surface area contributed by atoms with Crippen molar-refractivity contribution < 1.29 is 9.59 Å². The van der Waals surface area contributed by atoms with Gasteiger partial charge in [-0.15, -0.1) is 0 Å². The van der Waals surface area contributed by atoms with E-state index in [1.807, 2.05) is 23.1 Å². The molecule has 164 valence electrons. The van der Waals surface area contributed by atoms with Crippen LogP contribution in [0.15, 0.2) is 36.5 Å². The third-order valence-electron chi connectivity index (χ3n) is 6.21. The molecule has 8 heteroatoms. The van der Waals surface area contributed by atoms with Crippen LogP contribution in [0.4, 0.5) is 22.9 Å². The Morgan fingerprint density at radius 1 is 1.13 bits per heavy atom. The molecule has 2 aliphatic rings. The number of hydrogen-bond acceptors (Lipinski definition) is 6. The summed E-state index contributed by atoms with van der Waals surface area (Å²) in [5, 5.41) is 6.67. The molecule has 0 radical (unpaired) electrons. The van der Waals surface area contributed by atoms with Gasteiger partial charge in [0, 0.05) is 63.3 Å². The molecule has 0 unspecified atom stereocenters. The Morgan fingerprint density at radius 2 is 1.84 bits per heavy atom. The van der Waals surface area contributed by atoms with E-state index in [4.69, 9.17) is 5.73 Å². The summed E-state index contributed by atoms with van der Waals surface area (Å²) in [5.41, 5.74) is 8.69. The molecule has 1 aliphatic carbocycles. The second-order valence-electron chi connectivity index (χ2n) is 8.32. The van der Waals surface area contributed by atoms with E-state index in [1.54, 1.807) is 6.92 Å². The summed E-state index contributed by atoms with van der Waals surface area (Å²) in [5.74, 6) is 0.971. The van der Waals surface area contributed by atoms with Gasteiger partial charge in [0.25, 0.3) is 5.91 Å². The highest BCUT2D eigenvalue weighted by molar-refractivity contribution is 5.98. The van der Waals surface area contributed by atoms with E-state index < -0.39 is 5.91 Å². The molecule has 2 heterocycles. The zero-order valence-electron chi connectivity index (χ0n) is 17.9. The van der Waals surface area contributed by atoms with Gasteiger partial charge in [-0.1, -0.05) is 6.42 Å². The van der Waals surface area contributed by atoms with Crippen LogP contribution >= 0.6 is 0 Å². The lowest BCUT2D eigenvalue weighted by Crippen LogP contribution is -2.48. The number of piperazine rings is 1. The Morgan fingerprint density at radius 3 is 2.42 bits per heavy atom. The number of aromatic nitrogens is 1. The van der Waals surface area contributed by atoms with Crippen LogP contribution in [0.2, 0.25) is 0 Å². The highest BCUT2D eigenvalue weighted by atomic mass is 16.2. The van der Waals surface area contributed by atoms with Gasteiger partial charge in [-0.05, 0) is 43.0 Å². The topological polar surface area (TPSA) is 104 Å². The normalized spacial score (nSPS) is 16.5. The van der Waals surface area contributed by atoms with Crippen molar-refractivity contribution >= 4 is 34.7 Å². The quantitative estimate of drug-likeness (QED) is 0.634. The summed E-state index contributed by atoms with van der Waals surface area (Å²) in [4.78, 5) is 31.8. The summed E-state index contributed by atoms with van der Waals surface area (Å²) in [6, 6.07) is 10.0. The molecular formula is C23H30N6O2. The van der Waals surface area contributed by atoms with Crippen molar-refractivity contribution in [1.29, 1.82) is 0 Å². The number of hydrogen-bond donors (Lipinski definition) is 3. The number of nitrogens with zero attached hydrogens (tertiary/aromatic N) is 3. The fourth-order valence-electron chi connectivity index (χ4n) is 4.00. The summed E-state index contributed by atoms with van der Waals surface area (Å²) in [6.45, 7) is 5.63. The lowest BCUT2D eigenvalue weighted by atomic mass is 9.85. The fraction of sp³-hybridized carbons (Fsp3) is 0.435. The van der Waals surface area contributed by atoms with Crippen LogP contribution in [0, 0.1) is 5.92 Å². The minimum absolute atomic E-state index is 0.135. The average Bonchev–Trinajstić information content (AvgIpc) is 2.73. The lowest BCUT2D eigenvalue weighted by molar-refractivity contribution is -0.129. The van der Waals surface area contributed by atoms with Crippen LogP contribution in [0.25, 0.3) is 0 Å². The van der Waals surface area contributed by atoms with Gasteiger partial charge in [0.1, 0.15) is 5.82 Å². The van der Waals surface area contributed by atoms with Crippen molar-refractivity contribution in [3.8, 4) is 0 Å². The molecule has 1 aliphatic heterocycles. The van der Waals surface area contributed by atoms with Crippen molar-refractivity contribution in [2.45, 2.75) is 26.2 Å². The lowest BCUT2D eigenvalue weighted by Gasteiger charge is -2.35. The first-order valence-electron chi connectivity index (χ1n) is 10.9. The Bertz CT molecular complexity index is 934. The van der Waals surface area contributed by atoms with E-state index in [-0.39, 0.29) is 5.91 Å². The molecule has 31 heavy (non-hydrogen) atoms. The molecule has 4 N–H and O–H groups in total. The molecule has 4 rings (SSSR count). The molecule has 0 spiro atoms. The molecule has 2 aromatic rings. The molecule has 1 saturated carbocycles. The van der Waals surface area contributed by atoms with Crippen LogP contribution in [0.3, 0.4) is 0 Å². The number of anilines is 4. The summed E-state index contributed by atoms with van der Waals surface area (Å²) in [6.07, 6.45) is 5.26. The zero-order chi connectivity index (χ0) is 21.8. The molecule has 0 bridgehead atoms. The Hall–Kier alpha value is -3.29. The van der Waals surface area contributed by atoms with Crippen molar-refractivity contribution in [1.82, 2.24) is 9.88 Å². The van der Waals surface area contributed by atoms with Gasteiger partial charge >= 0.3 is 0 Å². The van der Waals surface area contributed by atoms with Gasteiger partial charge in [0.05, 0.1) is 11.3 Å². The molecule has 1 aromatic heterocycles. The Kier molecular flexibility index (Phi) is 6.25. The van der Waals surface area contributed by atoms with Crippen LogP contribution < -0.4 is 21.3 Å². The average molecular weight is 423 g/mol. The number of nitrogens with one attached hydrogen (secondary N) is 2. The number of nitrogens with two attached hydrogens (primary N) is 1. The first kappa shape index (κ1) is 21.0. The Labute approximate surface area is 182 Å². The van der Waals surface area contributed by atoms with Crippen molar-refractivity contribution in [2.75, 3.05) is 48.3 Å². The molecule has 2 fully saturated rings. The third kappa shape index (κ3) is 5.07. The molecule has 1 aromatic carbocycles. The SMILES string of the molecule is CC(=O)N1CCN(c2ccc(Nc3cc(NCC4CCC4)c(C(N)=O)cn3)cc2)CC1. The predicted molar refractivity (Wildman–Crippen MR) is 123 cm³/mol. The second kappa shape index (κ2) is 9.24. The smallest absolute Gasteiger partial charge is 0.252 e. The molecule has 1 saturated heterocycles. The largest absolute Gasteiger partial charge is 0.384 e. The zero-order valence-corrected chi connectivity index (χ0v) is 17.9. The Balaban J connectivity index is 1.40. The first-order chi connectivity index (χ1) is 15.0. The number of benzene rings is 1. The minimum Gasteiger partial charge on any atom is -0.384 e. The van der Waals surface area contributed by atoms with Crippen molar-refractivity contribution in [3.63, 3.8) is 0 Å². The second-order valence-corrected chi connectivity index (χ2v) is 8.32. The van der Waals surface area contributed by atoms with Gasteiger partial charge in [0.2, 0.25) is 5.91 Å². The van der Waals surface area contributed by atoms with Crippen LogP contribution in [-0.4, -0.2) is 54.4 Å². The molecule has 2 amide bonds.